The van der Waals surface area contributed by atoms with E-state index in [9.17, 15) is 9.59 Å². The molecule has 2 heterocycles. The van der Waals surface area contributed by atoms with Crippen LogP contribution in [0.15, 0.2) is 36.4 Å². The zero-order chi connectivity index (χ0) is 18.3. The van der Waals surface area contributed by atoms with E-state index in [1.165, 1.54) is 0 Å². The molecule has 1 atom stereocenters. The van der Waals surface area contributed by atoms with Crippen molar-refractivity contribution in [2.75, 3.05) is 32.1 Å². The maximum absolute atomic E-state index is 13.1. The van der Waals surface area contributed by atoms with Gasteiger partial charge in [-0.25, -0.2) is 0 Å². The average molecular weight is 372 g/mol. The van der Waals surface area contributed by atoms with E-state index in [1.807, 2.05) is 6.07 Å². The molecule has 2 N–H and O–H groups in total. The molecule has 0 radical (unpaired) electrons. The predicted molar refractivity (Wildman–Crippen MR) is 99.8 cm³/mol. The molecule has 0 saturated carbocycles. The van der Waals surface area contributed by atoms with E-state index in [1.54, 1.807) is 42.3 Å². The summed E-state index contributed by atoms with van der Waals surface area (Å²) in [6, 6.07) is 10.2. The second-order valence-corrected chi connectivity index (χ2v) is 6.75. The summed E-state index contributed by atoms with van der Waals surface area (Å²) in [7, 11) is 1.59. The first kappa shape index (κ1) is 16.9. The summed E-state index contributed by atoms with van der Waals surface area (Å²) in [6.07, 6.45) is 0. The van der Waals surface area contributed by atoms with E-state index in [0.717, 1.165) is 11.1 Å². The fraction of sp³-hybridized carbons (Fsp3) is 0.263. The number of fused-ring (bicyclic) bond motifs is 2. The number of benzene rings is 2. The highest BCUT2D eigenvalue weighted by Gasteiger charge is 2.36. The van der Waals surface area contributed by atoms with Gasteiger partial charge >= 0.3 is 0 Å². The first-order valence-electron chi connectivity index (χ1n) is 8.39. The Hall–Kier alpha value is -2.57. The maximum atomic E-state index is 13.1. The molecule has 2 aliphatic rings. The van der Waals surface area contributed by atoms with Gasteiger partial charge in [-0.3, -0.25) is 9.59 Å². The fourth-order valence-corrected chi connectivity index (χ4v) is 3.63. The van der Waals surface area contributed by atoms with Crippen LogP contribution in [0.2, 0.25) is 5.02 Å². The third-order valence-corrected chi connectivity index (χ3v) is 5.02. The topological polar surface area (TPSA) is 70.7 Å². The van der Waals surface area contributed by atoms with Gasteiger partial charge in [0.2, 0.25) is 5.91 Å². The minimum absolute atomic E-state index is 0.146. The minimum Gasteiger partial charge on any atom is -0.496 e. The Bertz CT molecular complexity index is 900. The third kappa shape index (κ3) is 2.81. The van der Waals surface area contributed by atoms with Crippen LogP contribution in [-0.4, -0.2) is 49.5 Å². The lowest BCUT2D eigenvalue weighted by Gasteiger charge is -2.33. The number of hydrogen-bond acceptors (Lipinski definition) is 4. The number of methoxy groups -OCH3 is 1. The van der Waals surface area contributed by atoms with E-state index in [4.69, 9.17) is 16.3 Å². The van der Waals surface area contributed by atoms with Crippen molar-refractivity contribution in [1.29, 1.82) is 0 Å². The summed E-state index contributed by atoms with van der Waals surface area (Å²) in [4.78, 5) is 27.2. The normalized spacial score (nSPS) is 19.3. The van der Waals surface area contributed by atoms with E-state index in [0.29, 0.717) is 41.7 Å². The first-order valence-corrected chi connectivity index (χ1v) is 8.77. The van der Waals surface area contributed by atoms with Crippen molar-refractivity contribution in [3.63, 3.8) is 0 Å². The van der Waals surface area contributed by atoms with E-state index in [-0.39, 0.29) is 11.8 Å². The van der Waals surface area contributed by atoms with Gasteiger partial charge in [-0.2, -0.15) is 0 Å². The average Bonchev–Trinajstić information content (AvgIpc) is 2.77. The number of rotatable bonds is 2. The van der Waals surface area contributed by atoms with Gasteiger partial charge in [-0.15, -0.1) is 0 Å². The van der Waals surface area contributed by atoms with Crippen LogP contribution in [0.3, 0.4) is 0 Å². The Balaban J connectivity index is 1.81. The second-order valence-electron chi connectivity index (χ2n) is 6.31. The summed E-state index contributed by atoms with van der Waals surface area (Å²) < 4.78 is 5.42. The number of ether oxygens (including phenoxy) is 1. The van der Waals surface area contributed by atoms with Crippen molar-refractivity contribution in [3.05, 3.63) is 47.0 Å². The summed E-state index contributed by atoms with van der Waals surface area (Å²) in [5, 5.41) is 6.62. The Morgan fingerprint density at radius 2 is 2.00 bits per heavy atom. The number of carbonyl (C=O) groups is 2. The molecule has 6 nitrogen and oxygen atoms in total. The first-order chi connectivity index (χ1) is 12.6. The number of carbonyl (C=O) groups excluding carboxylic acids is 2. The quantitative estimate of drug-likeness (QED) is 0.850. The molecule has 26 heavy (non-hydrogen) atoms. The van der Waals surface area contributed by atoms with Gasteiger partial charge in [0.25, 0.3) is 5.91 Å². The number of hydrogen-bond donors (Lipinski definition) is 2. The summed E-state index contributed by atoms with van der Waals surface area (Å²) in [6.45, 7) is 1.63. The highest BCUT2D eigenvalue weighted by atomic mass is 35.5. The zero-order valence-corrected chi connectivity index (χ0v) is 15.0. The number of nitrogens with one attached hydrogen (secondary N) is 2. The lowest BCUT2D eigenvalue weighted by Crippen LogP contribution is -2.57. The zero-order valence-electron chi connectivity index (χ0n) is 14.2. The highest BCUT2D eigenvalue weighted by molar-refractivity contribution is 6.31. The van der Waals surface area contributed by atoms with Crippen molar-refractivity contribution in [3.8, 4) is 16.9 Å². The standard InChI is InChI=1S/C19H18ClN3O3/c1-26-17-5-3-12(20)9-13(17)11-2-4-15-14(8-11)19(25)23-7-6-21-10-16(23)18(24)22-15/h2-5,8-9,16,21H,6-7,10H2,1H3,(H,22,24)/t16-/m0/s1. The number of nitrogens with zero attached hydrogens (tertiary/aromatic N) is 1. The SMILES string of the molecule is COc1ccc(Cl)cc1-c1ccc2c(c1)C(=O)N1CCNC[C@H]1C(=O)N2. The van der Waals surface area contributed by atoms with Crippen molar-refractivity contribution in [1.82, 2.24) is 10.2 Å². The molecule has 4 rings (SSSR count). The maximum Gasteiger partial charge on any atom is 0.256 e. The largest absolute Gasteiger partial charge is 0.496 e. The Labute approximate surface area is 156 Å². The van der Waals surface area contributed by atoms with Gasteiger partial charge in [-0.1, -0.05) is 17.7 Å². The van der Waals surface area contributed by atoms with Gasteiger partial charge in [0.05, 0.1) is 18.4 Å². The molecule has 2 aromatic carbocycles. The van der Waals surface area contributed by atoms with Crippen LogP contribution < -0.4 is 15.4 Å². The van der Waals surface area contributed by atoms with Crippen LogP contribution in [0.4, 0.5) is 5.69 Å². The van der Waals surface area contributed by atoms with E-state index >= 15 is 0 Å². The molecule has 2 aliphatic heterocycles. The lowest BCUT2D eigenvalue weighted by atomic mass is 10.00. The number of amides is 2. The number of anilines is 1. The van der Waals surface area contributed by atoms with Gasteiger partial charge in [0.1, 0.15) is 11.8 Å². The van der Waals surface area contributed by atoms with Crippen molar-refractivity contribution in [2.45, 2.75) is 6.04 Å². The number of halogens is 1. The van der Waals surface area contributed by atoms with Gasteiger partial charge in [-0.05, 0) is 35.9 Å². The molecule has 0 aromatic heterocycles. The van der Waals surface area contributed by atoms with Crippen LogP contribution in [0.1, 0.15) is 10.4 Å². The summed E-state index contributed by atoms with van der Waals surface area (Å²) >= 11 is 6.14. The summed E-state index contributed by atoms with van der Waals surface area (Å²) in [5.41, 5.74) is 2.60. The molecular formula is C19H18ClN3O3. The molecular weight excluding hydrogens is 354 g/mol. The molecule has 134 valence electrons. The third-order valence-electron chi connectivity index (χ3n) is 4.79. The Morgan fingerprint density at radius 3 is 2.81 bits per heavy atom. The van der Waals surface area contributed by atoms with Crippen LogP contribution in [0.5, 0.6) is 5.75 Å². The molecule has 0 unspecified atom stereocenters. The Morgan fingerprint density at radius 1 is 1.15 bits per heavy atom. The highest BCUT2D eigenvalue weighted by Crippen LogP contribution is 2.35. The Kier molecular flexibility index (Phi) is 4.30. The molecule has 0 aliphatic carbocycles. The monoisotopic (exact) mass is 371 g/mol. The minimum atomic E-state index is -0.493. The van der Waals surface area contributed by atoms with Gasteiger partial charge in [0, 0.05) is 30.2 Å². The van der Waals surface area contributed by atoms with E-state index in [2.05, 4.69) is 10.6 Å². The second kappa shape index (κ2) is 6.63. The molecule has 1 saturated heterocycles. The van der Waals surface area contributed by atoms with Crippen LogP contribution in [0, 0.1) is 0 Å². The van der Waals surface area contributed by atoms with Crippen molar-refractivity contribution in [2.24, 2.45) is 0 Å². The van der Waals surface area contributed by atoms with Crippen LogP contribution >= 0.6 is 11.6 Å². The van der Waals surface area contributed by atoms with Crippen molar-refractivity contribution >= 4 is 29.1 Å². The molecule has 0 spiro atoms. The van der Waals surface area contributed by atoms with Gasteiger partial charge in [0.15, 0.2) is 0 Å². The van der Waals surface area contributed by atoms with E-state index < -0.39 is 6.04 Å². The van der Waals surface area contributed by atoms with Gasteiger partial charge < -0.3 is 20.3 Å². The lowest BCUT2D eigenvalue weighted by molar-refractivity contribution is -0.120. The summed E-state index contributed by atoms with van der Waals surface area (Å²) in [5.74, 6) is 0.351. The molecule has 2 aromatic rings. The molecule has 2 amide bonds. The predicted octanol–water partition coefficient (Wildman–Crippen LogP) is 2.38. The van der Waals surface area contributed by atoms with Crippen molar-refractivity contribution < 1.29 is 14.3 Å². The molecule has 0 bridgehead atoms. The fourth-order valence-electron chi connectivity index (χ4n) is 3.46. The molecule has 1 fully saturated rings. The smallest absolute Gasteiger partial charge is 0.256 e. The van der Waals surface area contributed by atoms with Crippen LogP contribution in [-0.2, 0) is 4.79 Å². The molecule has 7 heteroatoms. The number of piperazine rings is 1. The van der Waals surface area contributed by atoms with Crippen LogP contribution in [0.25, 0.3) is 11.1 Å².